The zero-order chi connectivity index (χ0) is 10.7. The first-order chi connectivity index (χ1) is 5.20. The maximum absolute atomic E-state index is 8.89. The number of aliphatic carboxylic acids is 3. The van der Waals surface area contributed by atoms with Crippen LogP contribution in [0.4, 0.5) is 0 Å². The van der Waals surface area contributed by atoms with Crippen molar-refractivity contribution in [2.45, 2.75) is 20.8 Å². The van der Waals surface area contributed by atoms with Crippen LogP contribution >= 0.6 is 0 Å². The molecule has 0 spiro atoms. The molecule has 0 saturated carbocycles. The van der Waals surface area contributed by atoms with Crippen LogP contribution in [-0.4, -0.2) is 39.8 Å². The zero-order valence-electron chi connectivity index (χ0n) is 9.36. The standard InChI is InChI=1S/3C2H4O2.Cr.4H2O/c3*1-2(3)4;;;;;/h3*1H3,(H,3,4);;4*1H2/q;;;+3;;;;/p-3. The summed E-state index contributed by atoms with van der Waals surface area (Å²) in [6.07, 6.45) is 0. The van der Waals surface area contributed by atoms with Crippen LogP contribution in [-0.2, 0) is 31.7 Å². The van der Waals surface area contributed by atoms with Gasteiger partial charge in [-0.05, 0) is 20.8 Å². The third-order valence-electron chi connectivity index (χ3n) is 0. The first-order valence-corrected chi connectivity index (χ1v) is 2.72. The summed E-state index contributed by atoms with van der Waals surface area (Å²) in [5.74, 6) is -3.25. The van der Waals surface area contributed by atoms with Gasteiger partial charge in [0.2, 0.25) is 0 Å². The molecular weight excluding hydrogens is 284 g/mol. The second kappa shape index (κ2) is 46.4. The van der Waals surface area contributed by atoms with Crippen molar-refractivity contribution in [2.75, 3.05) is 0 Å². The predicted octanol–water partition coefficient (Wildman–Crippen LogP) is -7.03. The summed E-state index contributed by atoms with van der Waals surface area (Å²) in [6, 6.07) is 0. The minimum Gasteiger partial charge on any atom is -0.550 e. The molecule has 10 nitrogen and oxygen atoms in total. The van der Waals surface area contributed by atoms with Gasteiger partial charge in [-0.3, -0.25) is 0 Å². The molecular formula is C6H17CrO10. The summed E-state index contributed by atoms with van der Waals surface area (Å²) in [4.78, 5) is 26.7. The van der Waals surface area contributed by atoms with E-state index in [1.165, 1.54) is 0 Å². The quantitative estimate of drug-likeness (QED) is 0.419. The summed E-state index contributed by atoms with van der Waals surface area (Å²) in [5.41, 5.74) is 0. The second-order valence-corrected chi connectivity index (χ2v) is 1.47. The molecule has 0 aliphatic heterocycles. The average molecular weight is 301 g/mol. The molecule has 0 rings (SSSR count). The van der Waals surface area contributed by atoms with E-state index in [1.807, 2.05) is 0 Å². The van der Waals surface area contributed by atoms with E-state index in [4.69, 9.17) is 29.7 Å². The molecule has 0 aromatic carbocycles. The van der Waals surface area contributed by atoms with Crippen molar-refractivity contribution in [3.05, 3.63) is 0 Å². The molecule has 0 saturated heterocycles. The van der Waals surface area contributed by atoms with Gasteiger partial charge in [-0.15, -0.1) is 0 Å². The van der Waals surface area contributed by atoms with E-state index in [0.29, 0.717) is 0 Å². The summed E-state index contributed by atoms with van der Waals surface area (Å²) < 4.78 is 0. The first kappa shape index (κ1) is 56.9. The smallest absolute Gasteiger partial charge is 0.550 e. The molecule has 0 bridgehead atoms. The molecule has 0 atom stereocenters. The van der Waals surface area contributed by atoms with Crippen LogP contribution in [0.25, 0.3) is 0 Å². The molecule has 0 aliphatic carbocycles. The van der Waals surface area contributed by atoms with Crippen LogP contribution in [0.3, 0.4) is 0 Å². The average Bonchev–Trinajstić information content (AvgIpc) is 1.54. The molecule has 0 aromatic heterocycles. The maximum Gasteiger partial charge on any atom is 3.00 e. The van der Waals surface area contributed by atoms with Gasteiger partial charge in [0.15, 0.2) is 0 Å². The molecule has 17 heavy (non-hydrogen) atoms. The molecule has 107 valence electrons. The molecule has 8 N–H and O–H groups in total. The van der Waals surface area contributed by atoms with Crippen molar-refractivity contribution in [1.82, 2.24) is 0 Å². The van der Waals surface area contributed by atoms with E-state index < -0.39 is 17.9 Å². The van der Waals surface area contributed by atoms with Crippen LogP contribution in [0.2, 0.25) is 0 Å². The van der Waals surface area contributed by atoms with Crippen LogP contribution in [0.5, 0.6) is 0 Å². The number of carboxylic acid groups (broad SMARTS) is 3. The molecule has 0 amide bonds. The van der Waals surface area contributed by atoms with Gasteiger partial charge in [0, 0.05) is 17.9 Å². The van der Waals surface area contributed by atoms with Crippen LogP contribution < -0.4 is 15.3 Å². The van der Waals surface area contributed by atoms with E-state index in [9.17, 15) is 0 Å². The monoisotopic (exact) mass is 301 g/mol. The maximum atomic E-state index is 8.89. The number of carbonyl (C=O) groups excluding carboxylic acids is 3. The Morgan fingerprint density at radius 3 is 0.588 bits per heavy atom. The number of rotatable bonds is 0. The van der Waals surface area contributed by atoms with Gasteiger partial charge in [0.25, 0.3) is 0 Å². The summed E-state index contributed by atoms with van der Waals surface area (Å²) in [7, 11) is 0. The third kappa shape index (κ3) is 1630. The Morgan fingerprint density at radius 1 is 0.588 bits per heavy atom. The van der Waals surface area contributed by atoms with Crippen molar-refractivity contribution < 1.29 is 69.0 Å². The topological polar surface area (TPSA) is 246 Å². The molecule has 0 unspecified atom stereocenters. The zero-order valence-corrected chi connectivity index (χ0v) is 10.6. The minimum absolute atomic E-state index is 0. The summed E-state index contributed by atoms with van der Waals surface area (Å²) >= 11 is 0. The fourth-order valence-corrected chi connectivity index (χ4v) is 0. The molecule has 0 fully saturated rings. The molecule has 0 heterocycles. The van der Waals surface area contributed by atoms with E-state index in [0.717, 1.165) is 20.8 Å². The van der Waals surface area contributed by atoms with Crippen LogP contribution in [0.1, 0.15) is 20.8 Å². The van der Waals surface area contributed by atoms with Crippen molar-refractivity contribution >= 4 is 17.9 Å². The van der Waals surface area contributed by atoms with Crippen molar-refractivity contribution in [3.8, 4) is 0 Å². The van der Waals surface area contributed by atoms with Gasteiger partial charge in [-0.1, -0.05) is 0 Å². The van der Waals surface area contributed by atoms with Crippen LogP contribution in [0, 0.1) is 0 Å². The third-order valence-corrected chi connectivity index (χ3v) is 0. The van der Waals surface area contributed by atoms with E-state index >= 15 is 0 Å². The molecule has 1 radical (unpaired) electrons. The fourth-order valence-electron chi connectivity index (χ4n) is 0. The first-order valence-electron chi connectivity index (χ1n) is 2.72. The van der Waals surface area contributed by atoms with Gasteiger partial charge >= 0.3 is 17.4 Å². The van der Waals surface area contributed by atoms with Gasteiger partial charge in [0.05, 0.1) is 0 Å². The Labute approximate surface area is 108 Å². The minimum atomic E-state index is -1.08. The number of carbonyl (C=O) groups is 3. The van der Waals surface area contributed by atoms with Crippen LogP contribution in [0.15, 0.2) is 0 Å². The number of hydrogen-bond acceptors (Lipinski definition) is 6. The number of hydrogen-bond donors (Lipinski definition) is 0. The van der Waals surface area contributed by atoms with Gasteiger partial charge < -0.3 is 51.6 Å². The Bertz CT molecular complexity index is 118. The number of carboxylic acids is 3. The van der Waals surface area contributed by atoms with Gasteiger partial charge in [0.1, 0.15) is 0 Å². The molecule has 0 aliphatic rings. The molecule has 0 aromatic rings. The SMILES string of the molecule is CC(=O)[O-].CC(=O)[O-].CC(=O)[O-].O.O.O.O.[Cr+3]. The van der Waals surface area contributed by atoms with Crippen molar-refractivity contribution in [2.24, 2.45) is 0 Å². The van der Waals surface area contributed by atoms with E-state index in [1.54, 1.807) is 0 Å². The Kier molecular flexibility index (Phi) is 155. The summed E-state index contributed by atoms with van der Waals surface area (Å²) in [6.45, 7) is 2.92. The van der Waals surface area contributed by atoms with E-state index in [-0.39, 0.29) is 39.3 Å². The normalized spacial score (nSPS) is 4.41. The van der Waals surface area contributed by atoms with E-state index in [2.05, 4.69) is 0 Å². The summed E-state index contributed by atoms with van der Waals surface area (Å²) in [5, 5.41) is 26.7. The molecule has 11 heteroatoms. The van der Waals surface area contributed by atoms with Gasteiger partial charge in [-0.25, -0.2) is 0 Å². The fraction of sp³-hybridized carbons (Fsp3) is 0.500. The largest absolute Gasteiger partial charge is 3.00 e. The van der Waals surface area contributed by atoms with Crippen molar-refractivity contribution in [1.29, 1.82) is 0 Å². The Balaban J connectivity index is -0.0000000104. The Morgan fingerprint density at radius 2 is 0.588 bits per heavy atom. The second-order valence-electron chi connectivity index (χ2n) is 1.47. The predicted molar refractivity (Wildman–Crippen MR) is 46.5 cm³/mol. The Hall–Kier alpha value is -1.22. The van der Waals surface area contributed by atoms with Gasteiger partial charge in [-0.2, -0.15) is 0 Å². The van der Waals surface area contributed by atoms with Crippen molar-refractivity contribution in [3.63, 3.8) is 0 Å².